The van der Waals surface area contributed by atoms with Gasteiger partial charge in [-0.25, -0.2) is 4.98 Å². The molecule has 1 N–H and O–H groups in total. The van der Waals surface area contributed by atoms with Crippen LogP contribution in [0.3, 0.4) is 0 Å². The molecule has 0 spiro atoms. The Morgan fingerprint density at radius 2 is 2.00 bits per heavy atom. The molecule has 1 amide bonds. The molecule has 2 aromatic rings. The summed E-state index contributed by atoms with van der Waals surface area (Å²) in [7, 11) is 1.33. The lowest BCUT2D eigenvalue weighted by Crippen LogP contribution is -2.45. The molecule has 25 heavy (non-hydrogen) atoms. The predicted molar refractivity (Wildman–Crippen MR) is 96.3 cm³/mol. The molecule has 7 heteroatoms. The van der Waals surface area contributed by atoms with E-state index in [0.29, 0.717) is 5.92 Å². The van der Waals surface area contributed by atoms with Crippen molar-refractivity contribution in [3.8, 4) is 0 Å². The number of carbonyl (C=O) groups excluding carboxylic acids is 2. The molecule has 0 aliphatic carbocycles. The molecule has 0 saturated heterocycles. The topological polar surface area (TPSA) is 81.2 Å². The van der Waals surface area contributed by atoms with Crippen molar-refractivity contribution in [3.63, 3.8) is 0 Å². The highest BCUT2D eigenvalue weighted by Gasteiger charge is 2.32. The summed E-state index contributed by atoms with van der Waals surface area (Å²) in [6.45, 7) is 5.94. The van der Waals surface area contributed by atoms with Crippen LogP contribution in [0.1, 0.15) is 49.4 Å². The number of thiazole rings is 1. The maximum Gasteiger partial charge on any atom is 0.308 e. The van der Waals surface area contributed by atoms with E-state index in [1.807, 2.05) is 5.38 Å². The van der Waals surface area contributed by atoms with Crippen molar-refractivity contribution in [1.29, 1.82) is 0 Å². The minimum atomic E-state index is -0.871. The first-order chi connectivity index (χ1) is 11.8. The summed E-state index contributed by atoms with van der Waals surface area (Å²) in [4.78, 5) is 32.8. The molecule has 0 fully saturated rings. The van der Waals surface area contributed by atoms with Crippen molar-refractivity contribution in [3.05, 3.63) is 46.2 Å². The Labute approximate surface area is 151 Å². The molecule has 1 atom stereocenters. The van der Waals surface area contributed by atoms with Gasteiger partial charge in [-0.1, -0.05) is 13.8 Å². The first kappa shape index (κ1) is 19.1. The van der Waals surface area contributed by atoms with Crippen molar-refractivity contribution in [1.82, 2.24) is 15.3 Å². The molecule has 0 radical (unpaired) electrons. The zero-order chi connectivity index (χ0) is 18.4. The molecule has 0 aromatic carbocycles. The van der Waals surface area contributed by atoms with Gasteiger partial charge in [0, 0.05) is 23.7 Å². The fourth-order valence-corrected chi connectivity index (χ4v) is 3.32. The van der Waals surface area contributed by atoms with Gasteiger partial charge in [0.25, 0.3) is 0 Å². The van der Waals surface area contributed by atoms with Gasteiger partial charge in [-0.05, 0) is 24.6 Å². The van der Waals surface area contributed by atoms with Crippen molar-refractivity contribution < 1.29 is 14.3 Å². The molecule has 6 nitrogen and oxygen atoms in total. The lowest BCUT2D eigenvalue weighted by atomic mass is 9.89. The Balaban J connectivity index is 2.15. The standard InChI is InChI=1S/C18H23N3O3S/c1-12(2)17-20-14(11-25-17)9-15(22)21-18(3,10-16(23)24-4)13-5-7-19-8-6-13/h5-8,11-12H,9-10H2,1-4H3,(H,21,22)/t18-/m1/s1. The van der Waals surface area contributed by atoms with Gasteiger partial charge in [0.2, 0.25) is 5.91 Å². The van der Waals surface area contributed by atoms with Gasteiger partial charge in [0.15, 0.2) is 0 Å². The number of carbonyl (C=O) groups is 2. The second-order valence-corrected chi connectivity index (χ2v) is 7.27. The number of aromatic nitrogens is 2. The number of amides is 1. The van der Waals surface area contributed by atoms with Crippen LogP contribution in [0.2, 0.25) is 0 Å². The van der Waals surface area contributed by atoms with Crippen LogP contribution in [0.25, 0.3) is 0 Å². The highest BCUT2D eigenvalue weighted by molar-refractivity contribution is 7.09. The van der Waals surface area contributed by atoms with Crippen LogP contribution in [-0.4, -0.2) is 29.0 Å². The molecular formula is C18H23N3O3S. The van der Waals surface area contributed by atoms with E-state index in [-0.39, 0.29) is 18.7 Å². The highest BCUT2D eigenvalue weighted by atomic mass is 32.1. The zero-order valence-corrected chi connectivity index (χ0v) is 15.7. The van der Waals surface area contributed by atoms with Gasteiger partial charge in [0.05, 0.1) is 36.2 Å². The van der Waals surface area contributed by atoms with Crippen LogP contribution in [-0.2, 0) is 26.3 Å². The average Bonchev–Trinajstić information content (AvgIpc) is 3.04. The second kappa shape index (κ2) is 8.20. The summed E-state index contributed by atoms with van der Waals surface area (Å²) >= 11 is 1.55. The van der Waals surface area contributed by atoms with Crippen molar-refractivity contribution in [2.24, 2.45) is 0 Å². The molecule has 2 aromatic heterocycles. The number of nitrogens with zero attached hydrogens (tertiary/aromatic N) is 2. The number of pyridine rings is 1. The minimum Gasteiger partial charge on any atom is -0.469 e. The molecule has 2 rings (SSSR count). The van der Waals surface area contributed by atoms with Gasteiger partial charge >= 0.3 is 5.97 Å². The second-order valence-electron chi connectivity index (χ2n) is 6.38. The van der Waals surface area contributed by atoms with Gasteiger partial charge in [-0.15, -0.1) is 11.3 Å². The van der Waals surface area contributed by atoms with Crippen LogP contribution in [0.4, 0.5) is 0 Å². The zero-order valence-electron chi connectivity index (χ0n) is 14.9. The average molecular weight is 361 g/mol. The Kier molecular flexibility index (Phi) is 6.25. The normalized spacial score (nSPS) is 13.3. The summed E-state index contributed by atoms with van der Waals surface area (Å²) in [5.74, 6) is -0.248. The number of hydrogen-bond acceptors (Lipinski definition) is 6. The van der Waals surface area contributed by atoms with Crippen LogP contribution in [0.5, 0.6) is 0 Å². The maximum atomic E-state index is 12.5. The third-order valence-corrected chi connectivity index (χ3v) is 5.06. The SMILES string of the molecule is COC(=O)C[C@@](C)(NC(=O)Cc1csc(C(C)C)n1)c1ccncc1. The Bertz CT molecular complexity index is 730. The van der Waals surface area contributed by atoms with Gasteiger partial charge in [-0.3, -0.25) is 14.6 Å². The molecule has 0 unspecified atom stereocenters. The smallest absolute Gasteiger partial charge is 0.308 e. The van der Waals surface area contributed by atoms with E-state index in [4.69, 9.17) is 4.74 Å². The molecule has 0 saturated carbocycles. The van der Waals surface area contributed by atoms with Gasteiger partial charge < -0.3 is 10.1 Å². The lowest BCUT2D eigenvalue weighted by molar-refractivity contribution is -0.142. The third kappa shape index (κ3) is 5.09. The number of methoxy groups -OCH3 is 1. The lowest BCUT2D eigenvalue weighted by Gasteiger charge is -2.30. The molecule has 0 aliphatic heterocycles. The summed E-state index contributed by atoms with van der Waals surface area (Å²) in [6, 6.07) is 3.56. The highest BCUT2D eigenvalue weighted by Crippen LogP contribution is 2.25. The van der Waals surface area contributed by atoms with Crippen LogP contribution in [0.15, 0.2) is 29.9 Å². The number of esters is 1. The number of ether oxygens (including phenoxy) is 1. The molecule has 0 aliphatic rings. The Morgan fingerprint density at radius 3 is 2.56 bits per heavy atom. The molecule has 2 heterocycles. The largest absolute Gasteiger partial charge is 0.469 e. The summed E-state index contributed by atoms with van der Waals surface area (Å²) < 4.78 is 4.78. The van der Waals surface area contributed by atoms with Gasteiger partial charge in [0.1, 0.15) is 0 Å². The van der Waals surface area contributed by atoms with E-state index in [0.717, 1.165) is 16.3 Å². The summed E-state index contributed by atoms with van der Waals surface area (Å²) in [6.07, 6.45) is 3.47. The first-order valence-electron chi connectivity index (χ1n) is 8.06. The third-order valence-electron chi connectivity index (χ3n) is 3.86. The minimum absolute atomic E-state index is 0.0353. The number of rotatable bonds is 7. The van der Waals surface area contributed by atoms with E-state index < -0.39 is 11.5 Å². The Morgan fingerprint density at radius 1 is 1.32 bits per heavy atom. The maximum absolute atomic E-state index is 12.5. The fraction of sp³-hybridized carbons (Fsp3) is 0.444. The van der Waals surface area contributed by atoms with E-state index in [9.17, 15) is 9.59 Å². The van der Waals surface area contributed by atoms with E-state index in [1.165, 1.54) is 7.11 Å². The number of hydrogen-bond donors (Lipinski definition) is 1. The van der Waals surface area contributed by atoms with Crippen molar-refractivity contribution in [2.75, 3.05) is 7.11 Å². The monoisotopic (exact) mass is 361 g/mol. The van der Waals surface area contributed by atoms with Gasteiger partial charge in [-0.2, -0.15) is 0 Å². The predicted octanol–water partition coefficient (Wildman–Crippen LogP) is 2.80. The number of nitrogens with one attached hydrogen (secondary N) is 1. The molecular weight excluding hydrogens is 338 g/mol. The van der Waals surface area contributed by atoms with Crippen molar-refractivity contribution in [2.45, 2.75) is 45.1 Å². The summed E-state index contributed by atoms with van der Waals surface area (Å²) in [5.41, 5.74) is 0.660. The van der Waals surface area contributed by atoms with Crippen LogP contribution < -0.4 is 5.32 Å². The first-order valence-corrected chi connectivity index (χ1v) is 8.94. The van der Waals surface area contributed by atoms with E-state index in [1.54, 1.807) is 42.8 Å². The Hall–Kier alpha value is -2.28. The van der Waals surface area contributed by atoms with E-state index in [2.05, 4.69) is 29.1 Å². The summed E-state index contributed by atoms with van der Waals surface area (Å²) in [5, 5.41) is 5.87. The fourth-order valence-electron chi connectivity index (χ4n) is 2.48. The molecule has 0 bridgehead atoms. The quantitative estimate of drug-likeness (QED) is 0.767. The van der Waals surface area contributed by atoms with Crippen molar-refractivity contribution >= 4 is 23.2 Å². The van der Waals surface area contributed by atoms with Crippen LogP contribution in [0, 0.1) is 0 Å². The molecule has 134 valence electrons. The van der Waals surface area contributed by atoms with E-state index >= 15 is 0 Å². The van der Waals surface area contributed by atoms with Crippen LogP contribution >= 0.6 is 11.3 Å².